The van der Waals surface area contributed by atoms with Crippen molar-refractivity contribution in [1.29, 1.82) is 0 Å². The Kier molecular flexibility index (Phi) is 2.91. The van der Waals surface area contributed by atoms with E-state index in [0.29, 0.717) is 5.82 Å². The predicted octanol–water partition coefficient (Wildman–Crippen LogP) is 1.28. The van der Waals surface area contributed by atoms with Gasteiger partial charge in [-0.15, -0.1) is 0 Å². The van der Waals surface area contributed by atoms with Crippen molar-refractivity contribution in [3.05, 3.63) is 30.0 Å². The average Bonchev–Trinajstić information content (AvgIpc) is 2.73. The predicted molar refractivity (Wildman–Crippen MR) is 56.7 cm³/mol. The molecule has 0 spiro atoms. The Bertz CT molecular complexity index is 562. The highest BCUT2D eigenvalue weighted by Gasteiger charge is 2.34. The molecule has 3 N–H and O–H groups in total. The highest BCUT2D eigenvalue weighted by atomic mass is 19.4. The van der Waals surface area contributed by atoms with Gasteiger partial charge in [0.2, 0.25) is 5.95 Å². The lowest BCUT2D eigenvalue weighted by Gasteiger charge is -2.11. The van der Waals surface area contributed by atoms with E-state index < -0.39 is 11.9 Å². The quantitative estimate of drug-likeness (QED) is 0.626. The smallest absolute Gasteiger partial charge is 0.292 e. The number of aryl methyl sites for hydroxylation is 1. The fraction of sp³-hybridized carbons (Fsp3) is 0.222. The number of halogens is 3. The number of nitrogens with one attached hydrogen (secondary N) is 1. The molecule has 0 saturated heterocycles. The van der Waals surface area contributed by atoms with Crippen molar-refractivity contribution >= 4 is 5.95 Å². The van der Waals surface area contributed by atoms with Crippen LogP contribution in [0.2, 0.25) is 0 Å². The fourth-order valence-corrected chi connectivity index (χ4v) is 1.39. The van der Waals surface area contributed by atoms with Crippen molar-refractivity contribution in [2.75, 3.05) is 5.43 Å². The minimum Gasteiger partial charge on any atom is -0.292 e. The van der Waals surface area contributed by atoms with Crippen LogP contribution in [0.15, 0.2) is 18.5 Å². The van der Waals surface area contributed by atoms with Crippen LogP contribution in [0.5, 0.6) is 0 Å². The van der Waals surface area contributed by atoms with Gasteiger partial charge in [-0.05, 0) is 6.92 Å². The third kappa shape index (κ3) is 2.25. The van der Waals surface area contributed by atoms with Gasteiger partial charge in [-0.3, -0.25) is 9.99 Å². The van der Waals surface area contributed by atoms with E-state index in [1.54, 1.807) is 6.92 Å². The second-order valence-electron chi connectivity index (χ2n) is 3.42. The minimum absolute atomic E-state index is 0.0419. The first-order valence-corrected chi connectivity index (χ1v) is 4.85. The minimum atomic E-state index is -4.57. The van der Waals surface area contributed by atoms with Gasteiger partial charge in [0, 0.05) is 18.5 Å². The molecule has 0 radical (unpaired) electrons. The summed E-state index contributed by atoms with van der Waals surface area (Å²) in [7, 11) is 0. The van der Waals surface area contributed by atoms with Gasteiger partial charge in [0.1, 0.15) is 11.6 Å². The number of nitrogens with zero attached hydrogens (tertiary/aromatic N) is 4. The molecule has 2 aromatic heterocycles. The van der Waals surface area contributed by atoms with Gasteiger partial charge in [0.05, 0.1) is 0 Å². The number of nitrogens with two attached hydrogens (primary N) is 1. The molecule has 2 heterocycles. The van der Waals surface area contributed by atoms with Crippen LogP contribution in [-0.2, 0) is 6.18 Å². The fourth-order valence-electron chi connectivity index (χ4n) is 1.39. The molecular weight excluding hydrogens is 249 g/mol. The summed E-state index contributed by atoms with van der Waals surface area (Å²) in [6.07, 6.45) is -1.61. The van der Waals surface area contributed by atoms with Crippen molar-refractivity contribution < 1.29 is 13.2 Å². The van der Waals surface area contributed by atoms with Gasteiger partial charge in [-0.1, -0.05) is 0 Å². The summed E-state index contributed by atoms with van der Waals surface area (Å²) in [6.45, 7) is 1.64. The van der Waals surface area contributed by atoms with Gasteiger partial charge >= 0.3 is 6.18 Å². The molecule has 0 aliphatic carbocycles. The summed E-state index contributed by atoms with van der Waals surface area (Å²) in [4.78, 5) is 11.0. The molecule has 2 rings (SSSR count). The van der Waals surface area contributed by atoms with E-state index in [4.69, 9.17) is 5.84 Å². The number of hydrogen-bond donors (Lipinski definition) is 2. The third-order valence-corrected chi connectivity index (χ3v) is 2.20. The number of alkyl halides is 3. The Morgan fingerprint density at radius 3 is 2.56 bits per heavy atom. The van der Waals surface area contributed by atoms with Crippen LogP contribution in [0, 0.1) is 6.92 Å². The Hall–Kier alpha value is -2.16. The monoisotopic (exact) mass is 258 g/mol. The molecule has 0 saturated carbocycles. The Morgan fingerprint density at radius 2 is 2.06 bits per heavy atom. The van der Waals surface area contributed by atoms with Crippen LogP contribution in [0.1, 0.15) is 11.5 Å². The first-order chi connectivity index (χ1) is 8.41. The third-order valence-electron chi connectivity index (χ3n) is 2.20. The molecule has 96 valence electrons. The molecule has 6 nitrogen and oxygen atoms in total. The van der Waals surface area contributed by atoms with Crippen molar-refractivity contribution in [3.63, 3.8) is 0 Å². The number of imidazole rings is 1. The number of hydrazine groups is 1. The lowest BCUT2D eigenvalue weighted by molar-refractivity contribution is -0.141. The van der Waals surface area contributed by atoms with Crippen molar-refractivity contribution in [1.82, 2.24) is 19.5 Å². The summed E-state index contributed by atoms with van der Waals surface area (Å²) in [5, 5.41) is 0. The standard InChI is InChI=1S/C9H9F3N6/c1-5-14-2-3-18(5)7-4-6(9(10,11)12)15-8(16-7)17-13/h2-4H,13H2,1H3,(H,15,16,17). The van der Waals surface area contributed by atoms with Crippen LogP contribution in [0.4, 0.5) is 19.1 Å². The molecule has 18 heavy (non-hydrogen) atoms. The first kappa shape index (κ1) is 12.3. The molecule has 0 aromatic carbocycles. The maximum Gasteiger partial charge on any atom is 0.433 e. The highest BCUT2D eigenvalue weighted by molar-refractivity contribution is 5.36. The zero-order valence-corrected chi connectivity index (χ0v) is 9.23. The van der Waals surface area contributed by atoms with Gasteiger partial charge in [0.25, 0.3) is 0 Å². The van der Waals surface area contributed by atoms with Gasteiger partial charge in [-0.25, -0.2) is 15.8 Å². The lowest BCUT2D eigenvalue weighted by atomic mass is 10.3. The topological polar surface area (TPSA) is 81.7 Å². The van der Waals surface area contributed by atoms with Crippen molar-refractivity contribution in [2.24, 2.45) is 5.84 Å². The van der Waals surface area contributed by atoms with Gasteiger partial charge in [0.15, 0.2) is 5.69 Å². The molecule has 0 bridgehead atoms. The summed E-state index contributed by atoms with van der Waals surface area (Å²) in [5.41, 5.74) is 0.930. The maximum absolute atomic E-state index is 12.6. The highest BCUT2D eigenvalue weighted by Crippen LogP contribution is 2.29. The lowest BCUT2D eigenvalue weighted by Crippen LogP contribution is -2.17. The van der Waals surface area contributed by atoms with Crippen LogP contribution in [0.25, 0.3) is 5.82 Å². The Balaban J connectivity index is 2.58. The maximum atomic E-state index is 12.6. The summed E-state index contributed by atoms with van der Waals surface area (Å²) >= 11 is 0. The average molecular weight is 258 g/mol. The van der Waals surface area contributed by atoms with E-state index in [2.05, 4.69) is 15.0 Å². The van der Waals surface area contributed by atoms with Crippen molar-refractivity contribution in [2.45, 2.75) is 13.1 Å². The van der Waals surface area contributed by atoms with Crippen molar-refractivity contribution in [3.8, 4) is 5.82 Å². The number of aromatic nitrogens is 4. The molecule has 0 atom stereocenters. The van der Waals surface area contributed by atoms with Crippen LogP contribution in [0.3, 0.4) is 0 Å². The molecular formula is C9H9F3N6. The molecule has 0 aliphatic heterocycles. The summed E-state index contributed by atoms with van der Waals surface area (Å²) in [5.74, 6) is 5.29. The van der Waals surface area contributed by atoms with E-state index in [1.807, 2.05) is 5.43 Å². The summed E-state index contributed by atoms with van der Waals surface area (Å²) < 4.78 is 39.3. The second kappa shape index (κ2) is 4.26. The van der Waals surface area contributed by atoms with E-state index in [0.717, 1.165) is 6.07 Å². The molecule has 0 fully saturated rings. The van der Waals surface area contributed by atoms with Gasteiger partial charge < -0.3 is 0 Å². The van der Waals surface area contributed by atoms with E-state index in [1.165, 1.54) is 17.0 Å². The number of hydrogen-bond acceptors (Lipinski definition) is 5. The van der Waals surface area contributed by atoms with Gasteiger partial charge in [-0.2, -0.15) is 18.2 Å². The second-order valence-corrected chi connectivity index (χ2v) is 3.42. The number of nitrogen functional groups attached to an aromatic ring is 1. The SMILES string of the molecule is Cc1nccn1-c1cc(C(F)(F)F)nc(NN)n1. The zero-order chi connectivity index (χ0) is 13.3. The molecule has 0 aliphatic rings. The zero-order valence-electron chi connectivity index (χ0n) is 9.23. The molecule has 0 amide bonds. The molecule has 0 unspecified atom stereocenters. The van der Waals surface area contributed by atoms with Crippen LogP contribution < -0.4 is 11.3 Å². The number of anilines is 1. The normalized spacial score (nSPS) is 11.6. The number of rotatable bonds is 2. The van der Waals surface area contributed by atoms with E-state index >= 15 is 0 Å². The largest absolute Gasteiger partial charge is 0.433 e. The Morgan fingerprint density at radius 1 is 1.33 bits per heavy atom. The first-order valence-electron chi connectivity index (χ1n) is 4.85. The van der Waals surface area contributed by atoms with Crippen LogP contribution in [-0.4, -0.2) is 19.5 Å². The Labute approximate surface area is 99.7 Å². The van der Waals surface area contributed by atoms with Crippen LogP contribution >= 0.6 is 0 Å². The van der Waals surface area contributed by atoms with E-state index in [9.17, 15) is 13.2 Å². The molecule has 9 heteroatoms. The summed E-state index contributed by atoms with van der Waals surface area (Å²) in [6, 6.07) is 0.829. The van der Waals surface area contributed by atoms with E-state index in [-0.39, 0.29) is 11.8 Å². The molecule has 2 aromatic rings.